The minimum atomic E-state index is -0.0503. The third-order valence-electron chi connectivity index (χ3n) is 7.05. The highest BCUT2D eigenvalue weighted by Crippen LogP contribution is 2.38. The van der Waals surface area contributed by atoms with Crippen LogP contribution in [-0.2, 0) is 12.8 Å². The van der Waals surface area contributed by atoms with Gasteiger partial charge < -0.3 is 15.5 Å². The number of benzene rings is 2. The highest BCUT2D eigenvalue weighted by atomic mass is 32.1. The summed E-state index contributed by atoms with van der Waals surface area (Å²) in [7, 11) is 0. The second-order valence-corrected chi connectivity index (χ2v) is 10.1. The number of nitrogens with zero attached hydrogens (tertiary/aromatic N) is 3. The third kappa shape index (κ3) is 5.27. The standard InChI is InChI=1S/C29H33N5OS/c1-3-34(4-2)16-15-30-28(35)21-11-13-24(14-12-21)33-27-26-25(18-36-29(26)32-19-31-27)23-10-9-20-7-5-6-8-22(20)17-23/h9-14,17-19H,3-8,15-16H2,1-2H3,(H,30,35)(H,31,32,33). The third-order valence-corrected chi connectivity index (χ3v) is 7.93. The van der Waals surface area contributed by atoms with Crippen LogP contribution < -0.4 is 10.6 Å². The van der Waals surface area contributed by atoms with Crippen molar-refractivity contribution in [3.63, 3.8) is 0 Å². The van der Waals surface area contributed by atoms with Gasteiger partial charge in [0.05, 0.1) is 5.39 Å². The van der Waals surface area contributed by atoms with Crippen LogP contribution in [0.3, 0.4) is 0 Å². The zero-order valence-electron chi connectivity index (χ0n) is 21.0. The van der Waals surface area contributed by atoms with Crippen molar-refractivity contribution in [3.05, 3.63) is 70.9 Å². The normalized spacial score (nSPS) is 13.1. The molecule has 1 aliphatic rings. The first kappa shape index (κ1) is 24.4. The molecule has 6 nitrogen and oxygen atoms in total. The largest absolute Gasteiger partial charge is 0.351 e. The number of aryl methyl sites for hydroxylation is 2. The van der Waals surface area contributed by atoms with E-state index in [1.807, 2.05) is 24.3 Å². The summed E-state index contributed by atoms with van der Waals surface area (Å²) in [5, 5.41) is 9.70. The van der Waals surface area contributed by atoms with E-state index in [2.05, 4.69) is 62.9 Å². The lowest BCUT2D eigenvalue weighted by atomic mass is 9.89. The maximum absolute atomic E-state index is 12.5. The number of carbonyl (C=O) groups excluding carboxylic acids is 1. The number of hydrogen-bond donors (Lipinski definition) is 2. The van der Waals surface area contributed by atoms with Crippen molar-refractivity contribution < 1.29 is 4.79 Å². The van der Waals surface area contributed by atoms with Crippen LogP contribution in [0.4, 0.5) is 11.5 Å². The van der Waals surface area contributed by atoms with E-state index in [-0.39, 0.29) is 5.91 Å². The van der Waals surface area contributed by atoms with Crippen LogP contribution >= 0.6 is 11.3 Å². The van der Waals surface area contributed by atoms with Gasteiger partial charge in [0.2, 0.25) is 0 Å². The van der Waals surface area contributed by atoms with Gasteiger partial charge in [0.1, 0.15) is 17.0 Å². The van der Waals surface area contributed by atoms with E-state index in [0.717, 1.165) is 53.3 Å². The molecule has 2 heterocycles. The van der Waals surface area contributed by atoms with Gasteiger partial charge in [0.25, 0.3) is 5.91 Å². The average Bonchev–Trinajstić information content (AvgIpc) is 3.36. The van der Waals surface area contributed by atoms with Gasteiger partial charge in [0.15, 0.2) is 0 Å². The van der Waals surface area contributed by atoms with E-state index in [9.17, 15) is 4.79 Å². The van der Waals surface area contributed by atoms with Gasteiger partial charge in [-0.25, -0.2) is 9.97 Å². The van der Waals surface area contributed by atoms with E-state index in [1.165, 1.54) is 36.0 Å². The lowest BCUT2D eigenvalue weighted by molar-refractivity contribution is 0.0949. The van der Waals surface area contributed by atoms with Gasteiger partial charge in [0, 0.05) is 35.3 Å². The average molecular weight is 500 g/mol. The van der Waals surface area contributed by atoms with Gasteiger partial charge >= 0.3 is 0 Å². The van der Waals surface area contributed by atoms with Crippen molar-refractivity contribution in [2.24, 2.45) is 0 Å². The zero-order chi connectivity index (χ0) is 24.9. The van der Waals surface area contributed by atoms with Crippen LogP contribution in [0.2, 0.25) is 0 Å². The van der Waals surface area contributed by atoms with Gasteiger partial charge in [-0.05, 0) is 79.7 Å². The number of fused-ring (bicyclic) bond motifs is 2. The predicted molar refractivity (Wildman–Crippen MR) is 149 cm³/mol. The van der Waals surface area contributed by atoms with Gasteiger partial charge in [-0.2, -0.15) is 0 Å². The summed E-state index contributed by atoms with van der Waals surface area (Å²) in [4.78, 5) is 24.9. The molecule has 0 bridgehead atoms. The number of hydrogen-bond acceptors (Lipinski definition) is 6. The fraction of sp³-hybridized carbons (Fsp3) is 0.345. The molecule has 0 unspecified atom stereocenters. The Bertz CT molecular complexity index is 1340. The molecule has 36 heavy (non-hydrogen) atoms. The zero-order valence-corrected chi connectivity index (χ0v) is 21.8. The van der Waals surface area contributed by atoms with Gasteiger partial charge in [-0.1, -0.05) is 32.0 Å². The Morgan fingerprint density at radius 2 is 1.78 bits per heavy atom. The monoisotopic (exact) mass is 499 g/mol. The number of aromatic nitrogens is 2. The molecule has 2 aromatic carbocycles. The Balaban J connectivity index is 1.33. The van der Waals surface area contributed by atoms with Crippen molar-refractivity contribution >= 4 is 39.0 Å². The summed E-state index contributed by atoms with van der Waals surface area (Å²) in [6.07, 6.45) is 6.49. The summed E-state index contributed by atoms with van der Waals surface area (Å²) in [6.45, 7) is 7.74. The molecule has 4 aromatic rings. The van der Waals surface area contributed by atoms with Crippen molar-refractivity contribution in [1.82, 2.24) is 20.2 Å². The van der Waals surface area contributed by atoms with Crippen molar-refractivity contribution in [2.45, 2.75) is 39.5 Å². The van der Waals surface area contributed by atoms with Crippen molar-refractivity contribution in [1.29, 1.82) is 0 Å². The molecule has 0 aliphatic heterocycles. The molecule has 0 fully saturated rings. The summed E-state index contributed by atoms with van der Waals surface area (Å²) in [5.74, 6) is 0.732. The Morgan fingerprint density at radius 3 is 2.56 bits per heavy atom. The van der Waals surface area contributed by atoms with Crippen LogP contribution in [-0.4, -0.2) is 47.0 Å². The number of anilines is 2. The van der Waals surface area contributed by atoms with E-state index < -0.39 is 0 Å². The maximum atomic E-state index is 12.5. The molecule has 0 radical (unpaired) electrons. The molecule has 0 spiro atoms. The topological polar surface area (TPSA) is 70.2 Å². The van der Waals surface area contributed by atoms with Crippen LogP contribution in [0.25, 0.3) is 21.3 Å². The first-order valence-electron chi connectivity index (χ1n) is 12.9. The molecule has 0 saturated heterocycles. The smallest absolute Gasteiger partial charge is 0.251 e. The molecule has 2 aromatic heterocycles. The molecule has 2 N–H and O–H groups in total. The van der Waals surface area contributed by atoms with Crippen LogP contribution in [0.1, 0.15) is 48.2 Å². The minimum absolute atomic E-state index is 0.0503. The molecule has 5 rings (SSSR count). The quantitative estimate of drug-likeness (QED) is 0.293. The Morgan fingerprint density at radius 1 is 1.00 bits per heavy atom. The summed E-state index contributed by atoms with van der Waals surface area (Å²) < 4.78 is 0. The Hall–Kier alpha value is -3.29. The molecule has 7 heteroatoms. The highest BCUT2D eigenvalue weighted by molar-refractivity contribution is 7.17. The van der Waals surface area contributed by atoms with E-state index >= 15 is 0 Å². The summed E-state index contributed by atoms with van der Waals surface area (Å²) >= 11 is 1.64. The Labute approximate surface area is 216 Å². The van der Waals surface area contributed by atoms with Gasteiger partial charge in [-0.15, -0.1) is 11.3 Å². The van der Waals surface area contributed by atoms with Crippen molar-refractivity contribution in [2.75, 3.05) is 31.5 Å². The molecule has 1 amide bonds. The molecule has 0 saturated carbocycles. The fourth-order valence-corrected chi connectivity index (χ4v) is 5.81. The fourth-order valence-electron chi connectivity index (χ4n) is 4.89. The number of carbonyl (C=O) groups is 1. The molecule has 0 atom stereocenters. The number of nitrogens with one attached hydrogen (secondary N) is 2. The number of thiophene rings is 1. The summed E-state index contributed by atoms with van der Waals surface area (Å²) in [6, 6.07) is 14.4. The Kier molecular flexibility index (Phi) is 7.58. The van der Waals surface area contributed by atoms with Crippen molar-refractivity contribution in [3.8, 4) is 11.1 Å². The molecular formula is C29H33N5OS. The molecular weight excluding hydrogens is 466 g/mol. The lowest BCUT2D eigenvalue weighted by Gasteiger charge is -2.18. The molecule has 1 aliphatic carbocycles. The van der Waals surface area contributed by atoms with E-state index in [0.29, 0.717) is 12.1 Å². The predicted octanol–water partition coefficient (Wildman–Crippen LogP) is 6.05. The highest BCUT2D eigenvalue weighted by Gasteiger charge is 2.16. The van der Waals surface area contributed by atoms with Crippen LogP contribution in [0.5, 0.6) is 0 Å². The first-order chi connectivity index (χ1) is 17.7. The minimum Gasteiger partial charge on any atom is -0.351 e. The number of amides is 1. The number of likely N-dealkylation sites (N-methyl/N-ethyl adjacent to an activating group) is 1. The number of rotatable bonds is 9. The van der Waals surface area contributed by atoms with Crippen LogP contribution in [0.15, 0.2) is 54.2 Å². The maximum Gasteiger partial charge on any atom is 0.251 e. The second-order valence-electron chi connectivity index (χ2n) is 9.23. The SMILES string of the molecule is CCN(CC)CCNC(=O)c1ccc(Nc2ncnc3scc(-c4ccc5c(c4)CCCC5)c23)cc1. The lowest BCUT2D eigenvalue weighted by Crippen LogP contribution is -2.34. The van der Waals surface area contributed by atoms with Gasteiger partial charge in [-0.3, -0.25) is 4.79 Å². The summed E-state index contributed by atoms with van der Waals surface area (Å²) in [5.41, 5.74) is 6.87. The van der Waals surface area contributed by atoms with Crippen LogP contribution in [0, 0.1) is 0 Å². The van der Waals surface area contributed by atoms with E-state index in [4.69, 9.17) is 0 Å². The van der Waals surface area contributed by atoms with E-state index in [1.54, 1.807) is 17.7 Å². The second kappa shape index (κ2) is 11.2. The molecule has 186 valence electrons. The first-order valence-corrected chi connectivity index (χ1v) is 13.8.